The third-order valence-electron chi connectivity index (χ3n) is 5.13. The SMILES string of the molecule is CO[C@@H]1CCN(c2cncc(-c3ccc4cnc(CNC(=O)OC(C)(C)C)cc4n3)n2)C1. The second-order valence-corrected chi connectivity index (χ2v) is 8.78. The average molecular weight is 437 g/mol. The van der Waals surface area contributed by atoms with Crippen LogP contribution in [0.1, 0.15) is 32.9 Å². The van der Waals surface area contributed by atoms with Crippen molar-refractivity contribution in [2.75, 3.05) is 25.1 Å². The highest BCUT2D eigenvalue weighted by atomic mass is 16.6. The number of fused-ring (bicyclic) bond motifs is 1. The molecular weight excluding hydrogens is 408 g/mol. The van der Waals surface area contributed by atoms with Gasteiger partial charge in [0.15, 0.2) is 0 Å². The van der Waals surface area contributed by atoms with Gasteiger partial charge in [0.1, 0.15) is 17.1 Å². The molecular formula is C23H28N6O3. The van der Waals surface area contributed by atoms with Crippen molar-refractivity contribution in [3.63, 3.8) is 0 Å². The molecule has 1 amide bonds. The number of anilines is 1. The zero-order chi connectivity index (χ0) is 22.7. The Kier molecular flexibility index (Phi) is 6.18. The molecule has 1 fully saturated rings. The molecule has 32 heavy (non-hydrogen) atoms. The van der Waals surface area contributed by atoms with Crippen LogP contribution < -0.4 is 10.2 Å². The molecule has 9 nitrogen and oxygen atoms in total. The number of pyridine rings is 2. The van der Waals surface area contributed by atoms with E-state index in [-0.39, 0.29) is 12.6 Å². The molecule has 0 aromatic carbocycles. The van der Waals surface area contributed by atoms with Crippen LogP contribution in [0.3, 0.4) is 0 Å². The van der Waals surface area contributed by atoms with E-state index in [9.17, 15) is 4.79 Å². The summed E-state index contributed by atoms with van der Waals surface area (Å²) in [6.45, 7) is 7.42. The van der Waals surface area contributed by atoms with Crippen LogP contribution in [0, 0.1) is 0 Å². The third-order valence-corrected chi connectivity index (χ3v) is 5.13. The standard InChI is InChI=1S/C23H28N6O3/c1-23(2,3)32-22(30)26-11-16-9-19-15(10-25-16)5-6-18(27-19)20-12-24-13-21(28-20)29-8-7-17(14-29)31-4/h5-6,9-10,12-13,17H,7-8,11,14H2,1-4H3,(H,26,30)/t17-/m1/s1. The molecule has 0 spiro atoms. The fourth-order valence-electron chi connectivity index (χ4n) is 3.53. The molecule has 0 radical (unpaired) electrons. The van der Waals surface area contributed by atoms with Crippen molar-refractivity contribution in [2.45, 2.75) is 45.4 Å². The molecule has 1 atom stereocenters. The lowest BCUT2D eigenvalue weighted by Gasteiger charge is -2.19. The highest BCUT2D eigenvalue weighted by molar-refractivity contribution is 5.80. The number of amides is 1. The summed E-state index contributed by atoms with van der Waals surface area (Å²) in [5.41, 5.74) is 2.34. The van der Waals surface area contributed by atoms with Gasteiger partial charge in [0.2, 0.25) is 0 Å². The molecule has 3 aromatic heterocycles. The van der Waals surface area contributed by atoms with E-state index in [1.807, 2.05) is 39.0 Å². The molecule has 3 aromatic rings. The summed E-state index contributed by atoms with van der Waals surface area (Å²) >= 11 is 0. The molecule has 4 rings (SSSR count). The minimum Gasteiger partial charge on any atom is -0.444 e. The van der Waals surface area contributed by atoms with E-state index in [0.29, 0.717) is 11.4 Å². The first-order valence-electron chi connectivity index (χ1n) is 10.6. The van der Waals surface area contributed by atoms with Crippen LogP contribution in [0.15, 0.2) is 36.8 Å². The number of nitrogens with one attached hydrogen (secondary N) is 1. The summed E-state index contributed by atoms with van der Waals surface area (Å²) in [5, 5.41) is 3.63. The Morgan fingerprint density at radius 1 is 1.19 bits per heavy atom. The summed E-state index contributed by atoms with van der Waals surface area (Å²) in [6, 6.07) is 5.73. The van der Waals surface area contributed by atoms with Crippen molar-refractivity contribution in [1.29, 1.82) is 0 Å². The van der Waals surface area contributed by atoms with E-state index in [1.165, 1.54) is 0 Å². The Balaban J connectivity index is 1.52. The molecule has 0 saturated carbocycles. The number of ether oxygens (including phenoxy) is 2. The van der Waals surface area contributed by atoms with Crippen LogP contribution >= 0.6 is 0 Å². The van der Waals surface area contributed by atoms with Crippen molar-refractivity contribution in [3.8, 4) is 11.4 Å². The minimum absolute atomic E-state index is 0.222. The first kappa shape index (κ1) is 21.9. The number of nitrogens with zero attached hydrogens (tertiary/aromatic N) is 5. The Bertz CT molecular complexity index is 1110. The van der Waals surface area contributed by atoms with Gasteiger partial charge in [-0.25, -0.2) is 14.8 Å². The minimum atomic E-state index is -0.549. The van der Waals surface area contributed by atoms with Crippen LogP contribution in [-0.4, -0.2) is 57.9 Å². The lowest BCUT2D eigenvalue weighted by molar-refractivity contribution is 0.0523. The third kappa shape index (κ3) is 5.28. The Morgan fingerprint density at radius 3 is 2.78 bits per heavy atom. The summed E-state index contributed by atoms with van der Waals surface area (Å²) < 4.78 is 10.7. The number of hydrogen-bond donors (Lipinski definition) is 1. The molecule has 1 N–H and O–H groups in total. The molecule has 0 bridgehead atoms. The van der Waals surface area contributed by atoms with E-state index in [4.69, 9.17) is 19.4 Å². The summed E-state index contributed by atoms with van der Waals surface area (Å²) in [7, 11) is 1.74. The van der Waals surface area contributed by atoms with Crippen LogP contribution in [0.25, 0.3) is 22.3 Å². The number of aromatic nitrogens is 4. The molecule has 168 valence electrons. The zero-order valence-corrected chi connectivity index (χ0v) is 18.8. The topological polar surface area (TPSA) is 102 Å². The van der Waals surface area contributed by atoms with Crippen LogP contribution in [0.4, 0.5) is 10.6 Å². The molecule has 0 aliphatic carbocycles. The molecule has 0 unspecified atom stereocenters. The van der Waals surface area contributed by atoms with Gasteiger partial charge in [-0.05, 0) is 45.4 Å². The first-order chi connectivity index (χ1) is 15.3. The number of methoxy groups -OCH3 is 1. The molecule has 1 aliphatic rings. The highest BCUT2D eigenvalue weighted by Crippen LogP contribution is 2.24. The number of carbonyl (C=O) groups excluding carboxylic acids is 1. The van der Waals surface area contributed by atoms with Gasteiger partial charge in [0.05, 0.1) is 41.9 Å². The molecule has 9 heteroatoms. The normalized spacial score (nSPS) is 16.4. The lowest BCUT2D eigenvalue weighted by atomic mass is 10.2. The maximum atomic E-state index is 11.9. The van der Waals surface area contributed by atoms with Gasteiger partial charge < -0.3 is 19.7 Å². The number of rotatable bonds is 5. The van der Waals surface area contributed by atoms with Crippen molar-refractivity contribution in [1.82, 2.24) is 25.3 Å². The smallest absolute Gasteiger partial charge is 0.407 e. The van der Waals surface area contributed by atoms with Crippen LogP contribution in [-0.2, 0) is 16.0 Å². The molecule has 1 saturated heterocycles. The predicted octanol–water partition coefficient (Wildman–Crippen LogP) is 3.34. The molecule has 1 aliphatic heterocycles. The number of hydrogen-bond acceptors (Lipinski definition) is 8. The van der Waals surface area contributed by atoms with E-state index >= 15 is 0 Å². The maximum absolute atomic E-state index is 11.9. The van der Waals surface area contributed by atoms with Crippen molar-refractivity contribution >= 4 is 22.8 Å². The zero-order valence-electron chi connectivity index (χ0n) is 18.8. The van der Waals surface area contributed by atoms with Crippen molar-refractivity contribution in [2.24, 2.45) is 0 Å². The summed E-state index contributed by atoms with van der Waals surface area (Å²) in [5.74, 6) is 0.820. The predicted molar refractivity (Wildman–Crippen MR) is 121 cm³/mol. The fraction of sp³-hybridized carbons (Fsp3) is 0.435. The van der Waals surface area contributed by atoms with E-state index in [2.05, 4.69) is 20.2 Å². The Labute approximate surface area is 187 Å². The second kappa shape index (κ2) is 9.04. The summed E-state index contributed by atoms with van der Waals surface area (Å²) in [6.07, 6.45) is 5.95. The fourth-order valence-corrected chi connectivity index (χ4v) is 3.53. The first-order valence-corrected chi connectivity index (χ1v) is 10.6. The summed E-state index contributed by atoms with van der Waals surface area (Å²) in [4.78, 5) is 32.4. The Hall–Kier alpha value is -3.33. The van der Waals surface area contributed by atoms with Crippen LogP contribution in [0.2, 0.25) is 0 Å². The Morgan fingerprint density at radius 2 is 2.03 bits per heavy atom. The largest absolute Gasteiger partial charge is 0.444 e. The van der Waals surface area contributed by atoms with E-state index in [1.54, 1.807) is 25.7 Å². The second-order valence-electron chi connectivity index (χ2n) is 8.78. The van der Waals surface area contributed by atoms with Gasteiger partial charge in [-0.1, -0.05) is 0 Å². The van der Waals surface area contributed by atoms with E-state index < -0.39 is 11.7 Å². The number of alkyl carbamates (subject to hydrolysis) is 1. The van der Waals surface area contributed by atoms with Crippen molar-refractivity contribution in [3.05, 3.63) is 42.5 Å². The molecule has 4 heterocycles. The quantitative estimate of drug-likeness (QED) is 0.650. The lowest BCUT2D eigenvalue weighted by Crippen LogP contribution is -2.32. The van der Waals surface area contributed by atoms with Gasteiger partial charge in [0.25, 0.3) is 0 Å². The van der Waals surface area contributed by atoms with Gasteiger partial charge in [0, 0.05) is 31.8 Å². The van der Waals surface area contributed by atoms with Crippen LogP contribution in [0.5, 0.6) is 0 Å². The monoisotopic (exact) mass is 436 g/mol. The van der Waals surface area contributed by atoms with Gasteiger partial charge in [-0.3, -0.25) is 9.97 Å². The van der Waals surface area contributed by atoms with Gasteiger partial charge in [-0.15, -0.1) is 0 Å². The maximum Gasteiger partial charge on any atom is 0.407 e. The van der Waals surface area contributed by atoms with Crippen molar-refractivity contribution < 1.29 is 14.3 Å². The van der Waals surface area contributed by atoms with Gasteiger partial charge in [-0.2, -0.15) is 0 Å². The van der Waals surface area contributed by atoms with Gasteiger partial charge >= 0.3 is 6.09 Å². The van der Waals surface area contributed by atoms with E-state index in [0.717, 1.165) is 41.9 Å². The highest BCUT2D eigenvalue weighted by Gasteiger charge is 2.23. The number of carbonyl (C=O) groups is 1. The average Bonchev–Trinajstić information content (AvgIpc) is 3.25.